The minimum atomic E-state index is -2.56. The fraction of sp³-hybridized carbons (Fsp3) is 0.592. The summed E-state index contributed by atoms with van der Waals surface area (Å²) in [7, 11) is 0. The first-order valence-electron chi connectivity index (χ1n) is 26.1. The predicted molar refractivity (Wildman–Crippen MR) is 272 cm³/mol. The van der Waals surface area contributed by atoms with Gasteiger partial charge in [0.05, 0.1) is 56.1 Å². The van der Waals surface area contributed by atoms with Crippen molar-refractivity contribution in [3.63, 3.8) is 0 Å². The number of hydrogen-bond donors (Lipinski definition) is 8. The molecule has 0 spiro atoms. The first-order chi connectivity index (χ1) is 36.2. The van der Waals surface area contributed by atoms with Gasteiger partial charge in [-0.05, 0) is 73.9 Å². The molecule has 396 valence electrons. The van der Waals surface area contributed by atoms with Gasteiger partial charge in [0, 0.05) is 48.3 Å². The Balaban J connectivity index is 0.000000201. The molecule has 6 aromatic rings. The molecule has 73 heavy (non-hydrogen) atoms. The van der Waals surface area contributed by atoms with E-state index in [2.05, 4.69) is 58.1 Å². The number of fused-ring (bicyclic) bond motifs is 2. The number of aromatic nitrogens is 10. The molecule has 0 radical (unpaired) electrons. The summed E-state index contributed by atoms with van der Waals surface area (Å²) in [6, 6.07) is 9.11. The number of benzene rings is 2. The number of rotatable bonds is 20. The minimum Gasteiger partial charge on any atom is -0.394 e. The second-order valence-electron chi connectivity index (χ2n) is 18.6. The number of aliphatic hydroxyl groups excluding tert-OH is 5. The van der Waals surface area contributed by atoms with E-state index in [1.165, 1.54) is 32.9 Å². The molecule has 0 bridgehead atoms. The lowest BCUT2D eigenvalue weighted by Gasteiger charge is -2.17. The highest BCUT2D eigenvalue weighted by Gasteiger charge is 2.47. The van der Waals surface area contributed by atoms with Crippen molar-refractivity contribution >= 4 is 57.5 Å². The van der Waals surface area contributed by atoms with Crippen LogP contribution in [-0.2, 0) is 9.47 Å². The molecule has 4 heterocycles. The summed E-state index contributed by atoms with van der Waals surface area (Å²) in [6.45, 7) is 1.11. The molecular weight excluding hydrogens is 987 g/mol. The molecule has 24 heteroatoms. The zero-order chi connectivity index (χ0) is 54.4. The molecule has 4 fully saturated rings. The van der Waals surface area contributed by atoms with Crippen LogP contribution < -0.4 is 10.6 Å². The zero-order valence-corrected chi connectivity index (χ0v) is 41.6. The number of aryl methyl sites for hydroxylation is 2. The van der Waals surface area contributed by atoms with E-state index in [0.29, 0.717) is 55.4 Å². The molecule has 2 aromatic carbocycles. The lowest BCUT2D eigenvalue weighted by molar-refractivity contribution is -0.0629. The number of hydrogen-bond acceptors (Lipinski definition) is 20. The van der Waals surface area contributed by atoms with E-state index >= 15 is 0 Å². The Labute approximate surface area is 435 Å². The van der Waals surface area contributed by atoms with Crippen LogP contribution in [0.1, 0.15) is 111 Å². The number of nitrogens with one attached hydrogen (secondary N) is 2. The Hall–Kier alpha value is -4.76. The van der Waals surface area contributed by atoms with Crippen LogP contribution in [0.15, 0.2) is 46.7 Å². The SMILES string of the molecule is C.[2H]C([2H])(CO)O[C@H]1C[C@@H](n2nnc3c(N[C@@H]4C[C@H]4c4ccc(C)c(F)c4)nc(SCCC)nc32)[C@H](O)[C@@H]1O.[2H]C([2H])(O)CO[C@H]1C[C@@H](n2nnc3c(N[C@@H]4C[C@H]4c4ccc(C)c(F)c4)nc(SCCC)nc32)[C@H](O)[C@@H]1O. The molecule has 4 aromatic heterocycles. The van der Waals surface area contributed by atoms with Crippen LogP contribution in [0.2, 0.25) is 0 Å². The average Bonchev–Trinajstić information content (AvgIpc) is 4.16. The molecule has 0 amide bonds. The average molecular weight is 1060 g/mol. The first-order valence-corrected chi connectivity index (χ1v) is 26.1. The normalized spacial score (nSPS) is 28.4. The van der Waals surface area contributed by atoms with Gasteiger partial charge in [0.2, 0.25) is 0 Å². The molecule has 4 aliphatic carbocycles. The molecule has 20 nitrogen and oxygen atoms in total. The maximum absolute atomic E-state index is 14.1. The van der Waals surface area contributed by atoms with Gasteiger partial charge in [-0.15, -0.1) is 10.2 Å². The quantitative estimate of drug-likeness (QED) is 0.0369. The van der Waals surface area contributed by atoms with E-state index in [1.807, 2.05) is 19.1 Å². The Morgan fingerprint density at radius 2 is 1.12 bits per heavy atom. The number of halogens is 2. The summed E-state index contributed by atoms with van der Waals surface area (Å²) in [6.07, 6.45) is -3.66. The van der Waals surface area contributed by atoms with Gasteiger partial charge in [0.15, 0.2) is 44.3 Å². The molecule has 8 N–H and O–H groups in total. The second kappa shape index (κ2) is 23.8. The monoisotopic (exact) mass is 1060 g/mol. The van der Waals surface area contributed by atoms with E-state index in [1.54, 1.807) is 38.1 Å². The number of anilines is 2. The Kier molecular flexibility index (Phi) is 16.0. The van der Waals surface area contributed by atoms with Crippen molar-refractivity contribution in [3.05, 3.63) is 70.3 Å². The molecule has 10 rings (SSSR count). The molecular formula is C49H66F2N12O8S2. The van der Waals surface area contributed by atoms with Crippen molar-refractivity contribution in [1.82, 2.24) is 49.9 Å². The van der Waals surface area contributed by atoms with Crippen molar-refractivity contribution in [1.29, 1.82) is 0 Å². The fourth-order valence-corrected chi connectivity index (χ4v) is 10.6. The van der Waals surface area contributed by atoms with Crippen molar-refractivity contribution in [2.24, 2.45) is 0 Å². The van der Waals surface area contributed by atoms with E-state index in [4.69, 9.17) is 15.0 Å². The van der Waals surface area contributed by atoms with Crippen molar-refractivity contribution in [3.8, 4) is 0 Å². The highest BCUT2D eigenvalue weighted by molar-refractivity contribution is 7.99. The van der Waals surface area contributed by atoms with Crippen molar-refractivity contribution in [2.45, 2.75) is 157 Å². The van der Waals surface area contributed by atoms with Crippen LogP contribution in [0.3, 0.4) is 0 Å². The third kappa shape index (κ3) is 11.9. The molecule has 0 unspecified atom stereocenters. The van der Waals surface area contributed by atoms with E-state index in [9.17, 15) is 39.4 Å². The van der Waals surface area contributed by atoms with Crippen LogP contribution >= 0.6 is 23.5 Å². The van der Waals surface area contributed by atoms with Crippen LogP contribution in [-0.4, -0.2) is 167 Å². The van der Waals surface area contributed by atoms with Gasteiger partial charge in [0.1, 0.15) is 36.1 Å². The summed E-state index contributed by atoms with van der Waals surface area (Å²) < 4.78 is 71.5. The van der Waals surface area contributed by atoms with Gasteiger partial charge in [-0.2, -0.15) is 0 Å². The van der Waals surface area contributed by atoms with Crippen LogP contribution in [0.5, 0.6) is 0 Å². The lowest BCUT2D eigenvalue weighted by atomic mass is 10.1. The van der Waals surface area contributed by atoms with Gasteiger partial charge in [-0.1, -0.05) is 79.5 Å². The summed E-state index contributed by atoms with van der Waals surface area (Å²) in [4.78, 5) is 18.6. The molecule has 0 saturated heterocycles. The standard InChI is InChI=1S/2C24H31FN6O4S.CH4/c2*1-3-8-36-24-27-22(26-16-10-14(16)13-5-4-12(2)15(25)9-13)19-23(28-24)31(30-29-19)17-11-18(35-7-6-32)21(34)20(17)33;/h2*4-5,9,14,16-18,20-21,32-34H,3,6-8,10-11H2,1-2H3,(H,26,27,28);1H4/t2*14-,16+,17+,18-,20-,21+;/m00./s1/i7D2;6D2;. The van der Waals surface area contributed by atoms with Crippen LogP contribution in [0.4, 0.5) is 20.4 Å². The van der Waals surface area contributed by atoms with E-state index < -0.39 is 75.0 Å². The fourth-order valence-electron chi connectivity index (χ4n) is 9.25. The third-order valence-corrected chi connectivity index (χ3v) is 15.5. The van der Waals surface area contributed by atoms with Crippen LogP contribution in [0.25, 0.3) is 22.3 Å². The van der Waals surface area contributed by atoms with Crippen molar-refractivity contribution in [2.75, 3.05) is 48.5 Å². The van der Waals surface area contributed by atoms with Crippen LogP contribution in [0, 0.1) is 25.5 Å². The van der Waals surface area contributed by atoms with Gasteiger partial charge >= 0.3 is 0 Å². The smallest absolute Gasteiger partial charge is 0.191 e. The predicted octanol–water partition coefficient (Wildman–Crippen LogP) is 5.00. The highest BCUT2D eigenvalue weighted by Crippen LogP contribution is 2.46. The summed E-state index contributed by atoms with van der Waals surface area (Å²) in [5, 5.41) is 85.9. The Morgan fingerprint density at radius 3 is 1.53 bits per heavy atom. The number of ether oxygens (including phenoxy) is 2. The number of thioether (sulfide) groups is 2. The van der Waals surface area contributed by atoms with Gasteiger partial charge in [-0.3, -0.25) is 0 Å². The maximum Gasteiger partial charge on any atom is 0.191 e. The maximum atomic E-state index is 14.1. The van der Waals surface area contributed by atoms with Gasteiger partial charge in [-0.25, -0.2) is 38.1 Å². The third-order valence-electron chi connectivity index (χ3n) is 13.4. The zero-order valence-electron chi connectivity index (χ0n) is 44.0. The van der Waals surface area contributed by atoms with E-state index in [-0.39, 0.29) is 55.8 Å². The molecule has 0 aliphatic heterocycles. The summed E-state index contributed by atoms with van der Waals surface area (Å²) in [5.41, 5.74) is 4.58. The Bertz CT molecular complexity index is 3020. The Morgan fingerprint density at radius 1 is 0.671 bits per heavy atom. The number of aliphatic hydroxyl groups is 6. The largest absolute Gasteiger partial charge is 0.394 e. The van der Waals surface area contributed by atoms with E-state index in [0.717, 1.165) is 48.3 Å². The second-order valence-corrected chi connectivity index (χ2v) is 20.7. The highest BCUT2D eigenvalue weighted by atomic mass is 32.2. The van der Waals surface area contributed by atoms with Crippen molar-refractivity contribution < 1.29 is 54.4 Å². The topological polar surface area (TPSA) is 277 Å². The molecule has 4 saturated carbocycles. The van der Waals surface area contributed by atoms with Gasteiger partial charge in [0.25, 0.3) is 0 Å². The lowest BCUT2D eigenvalue weighted by Crippen LogP contribution is -2.33. The molecule has 4 aliphatic rings. The minimum absolute atomic E-state index is 0. The first kappa shape index (κ1) is 49.1. The summed E-state index contributed by atoms with van der Waals surface area (Å²) >= 11 is 2.95. The molecule has 12 atom stereocenters. The number of nitrogens with zero attached hydrogens (tertiary/aromatic N) is 10. The van der Waals surface area contributed by atoms with Gasteiger partial charge < -0.3 is 50.7 Å². The summed E-state index contributed by atoms with van der Waals surface area (Å²) in [5.74, 6) is 2.37.